The van der Waals surface area contributed by atoms with Gasteiger partial charge in [-0.15, -0.1) is 0 Å². The topological polar surface area (TPSA) is 61.4 Å². The Morgan fingerprint density at radius 3 is 1.33 bits per heavy atom. The van der Waals surface area contributed by atoms with Crippen molar-refractivity contribution in [3.63, 3.8) is 0 Å². The number of rotatable bonds is 4. The van der Waals surface area contributed by atoms with Gasteiger partial charge in [0.1, 0.15) is 0 Å². The van der Waals surface area contributed by atoms with Crippen molar-refractivity contribution in [2.45, 2.75) is 0 Å². The fourth-order valence-electron chi connectivity index (χ4n) is 7.07. The molecule has 0 unspecified atom stereocenters. The second-order valence-electron chi connectivity index (χ2n) is 11.9. The predicted octanol–water partition coefficient (Wildman–Crippen LogP) is 9.95. The first kappa shape index (κ1) is 26.5. The SMILES string of the molecule is c1ccc(-c2nc(-c3ccccc3)nc(-n3c(-n4c5ccccc5c5ccccc54)nc4c5ccccc5c5ccccc5c43)n2)cc1. The van der Waals surface area contributed by atoms with E-state index in [1.807, 2.05) is 60.7 Å². The number of aromatic nitrogens is 6. The molecule has 0 saturated carbocycles. The van der Waals surface area contributed by atoms with Gasteiger partial charge in [-0.25, -0.2) is 14.5 Å². The number of hydrogen-bond acceptors (Lipinski definition) is 4. The summed E-state index contributed by atoms with van der Waals surface area (Å²) in [5.74, 6) is 2.41. The molecule has 0 N–H and O–H groups in total. The normalized spacial score (nSPS) is 11.8. The van der Waals surface area contributed by atoms with E-state index in [9.17, 15) is 0 Å². The molecule has 0 bridgehead atoms. The van der Waals surface area contributed by atoms with Gasteiger partial charge in [-0.1, -0.05) is 146 Å². The minimum Gasteiger partial charge on any atom is -0.279 e. The van der Waals surface area contributed by atoms with Crippen molar-refractivity contribution < 1.29 is 0 Å². The van der Waals surface area contributed by atoms with Gasteiger partial charge in [-0.05, 0) is 22.9 Å². The third kappa shape index (κ3) is 3.93. The average Bonchev–Trinajstić information content (AvgIpc) is 3.72. The van der Waals surface area contributed by atoms with Gasteiger partial charge in [0.15, 0.2) is 11.6 Å². The lowest BCUT2D eigenvalue weighted by atomic mass is 10.00. The van der Waals surface area contributed by atoms with E-state index < -0.39 is 0 Å². The number of para-hydroxylation sites is 2. The summed E-state index contributed by atoms with van der Waals surface area (Å²) in [6.07, 6.45) is 0. The zero-order chi connectivity index (χ0) is 31.6. The van der Waals surface area contributed by atoms with Gasteiger partial charge in [0, 0.05) is 32.7 Å². The van der Waals surface area contributed by atoms with Crippen molar-refractivity contribution in [3.8, 4) is 34.7 Å². The zero-order valence-corrected chi connectivity index (χ0v) is 25.7. The van der Waals surface area contributed by atoms with Crippen molar-refractivity contribution in [2.75, 3.05) is 0 Å². The molecule has 7 aromatic carbocycles. The number of nitrogens with zero attached hydrogens (tertiary/aromatic N) is 6. The lowest BCUT2D eigenvalue weighted by Gasteiger charge is -2.14. The van der Waals surface area contributed by atoms with Crippen molar-refractivity contribution in [2.24, 2.45) is 0 Å². The van der Waals surface area contributed by atoms with Crippen LogP contribution in [0.25, 0.3) is 89.1 Å². The van der Waals surface area contributed by atoms with Gasteiger partial charge in [0.2, 0.25) is 11.9 Å². The highest BCUT2D eigenvalue weighted by Gasteiger charge is 2.25. The van der Waals surface area contributed by atoms with Crippen LogP contribution in [0.3, 0.4) is 0 Å². The number of imidazole rings is 1. The Kier molecular flexibility index (Phi) is 5.77. The fourth-order valence-corrected chi connectivity index (χ4v) is 7.07. The Labute approximate surface area is 275 Å². The molecular weight excluding hydrogens is 589 g/mol. The molecule has 0 radical (unpaired) electrons. The monoisotopic (exact) mass is 614 g/mol. The lowest BCUT2D eigenvalue weighted by molar-refractivity contribution is 0.877. The van der Waals surface area contributed by atoms with Crippen LogP contribution in [0.1, 0.15) is 0 Å². The van der Waals surface area contributed by atoms with Gasteiger partial charge in [0.25, 0.3) is 0 Å². The van der Waals surface area contributed by atoms with Crippen LogP contribution in [0.15, 0.2) is 158 Å². The molecule has 0 aliphatic rings. The second kappa shape index (κ2) is 10.4. The van der Waals surface area contributed by atoms with Gasteiger partial charge < -0.3 is 0 Å². The maximum atomic E-state index is 5.54. The summed E-state index contributed by atoms with van der Waals surface area (Å²) in [7, 11) is 0. The molecule has 6 heteroatoms. The molecule has 48 heavy (non-hydrogen) atoms. The molecule has 0 aliphatic carbocycles. The molecule has 3 aromatic heterocycles. The molecular formula is C42H26N6. The maximum Gasteiger partial charge on any atom is 0.241 e. The van der Waals surface area contributed by atoms with Crippen LogP contribution < -0.4 is 0 Å². The smallest absolute Gasteiger partial charge is 0.241 e. The van der Waals surface area contributed by atoms with Gasteiger partial charge in [0.05, 0.1) is 22.1 Å². The minimum absolute atomic E-state index is 0.502. The molecule has 224 valence electrons. The first-order chi connectivity index (χ1) is 23.8. The Hall–Kier alpha value is -6.66. The quantitative estimate of drug-likeness (QED) is 0.185. The third-order valence-corrected chi connectivity index (χ3v) is 9.18. The van der Waals surface area contributed by atoms with Crippen molar-refractivity contribution in [1.29, 1.82) is 0 Å². The lowest BCUT2D eigenvalue weighted by Crippen LogP contribution is -2.11. The maximum absolute atomic E-state index is 5.54. The number of fused-ring (bicyclic) bond motifs is 9. The average molecular weight is 615 g/mol. The molecule has 10 aromatic rings. The highest BCUT2D eigenvalue weighted by atomic mass is 15.3. The summed E-state index contributed by atoms with van der Waals surface area (Å²) >= 11 is 0. The summed E-state index contributed by atoms with van der Waals surface area (Å²) in [5, 5.41) is 6.78. The fraction of sp³-hybridized carbons (Fsp3) is 0. The van der Waals surface area contributed by atoms with Crippen LogP contribution in [0.2, 0.25) is 0 Å². The molecule has 0 atom stereocenters. The highest BCUT2D eigenvalue weighted by Crippen LogP contribution is 2.40. The standard InChI is InChI=1S/C42H26N6/c1-3-15-27(16-4-1)39-44-40(28-17-5-2-6-18-28)46-41(45-39)48-38-34-24-10-8-20-30(34)29-19-7-9-23-33(29)37(38)43-42(48)47-35-25-13-11-21-31(35)32-22-12-14-26-36(32)47/h1-26H. The Morgan fingerprint density at radius 1 is 0.333 bits per heavy atom. The van der Waals surface area contributed by atoms with Gasteiger partial charge >= 0.3 is 0 Å². The number of hydrogen-bond donors (Lipinski definition) is 0. The van der Waals surface area contributed by atoms with Crippen LogP contribution in [-0.4, -0.2) is 29.1 Å². The molecule has 0 amide bonds. The largest absolute Gasteiger partial charge is 0.279 e. The second-order valence-corrected chi connectivity index (χ2v) is 11.9. The van der Waals surface area contributed by atoms with E-state index in [0.29, 0.717) is 23.5 Å². The summed E-state index contributed by atoms with van der Waals surface area (Å²) < 4.78 is 4.39. The first-order valence-corrected chi connectivity index (χ1v) is 16.0. The van der Waals surface area contributed by atoms with E-state index in [4.69, 9.17) is 19.9 Å². The predicted molar refractivity (Wildman–Crippen MR) is 195 cm³/mol. The molecule has 0 fully saturated rings. The van der Waals surface area contributed by atoms with Crippen molar-refractivity contribution in [1.82, 2.24) is 29.1 Å². The molecule has 0 aliphatic heterocycles. The van der Waals surface area contributed by atoms with E-state index in [1.54, 1.807) is 0 Å². The van der Waals surface area contributed by atoms with Crippen LogP contribution in [0.5, 0.6) is 0 Å². The van der Waals surface area contributed by atoms with Gasteiger partial charge in [-0.3, -0.25) is 4.57 Å². The van der Waals surface area contributed by atoms with Crippen LogP contribution in [0.4, 0.5) is 0 Å². The molecule has 0 saturated heterocycles. The van der Waals surface area contributed by atoms with Crippen molar-refractivity contribution in [3.05, 3.63) is 158 Å². The Bertz CT molecular complexity index is 2720. The Balaban J connectivity index is 1.43. The van der Waals surface area contributed by atoms with E-state index in [1.165, 1.54) is 0 Å². The zero-order valence-electron chi connectivity index (χ0n) is 25.7. The summed E-state index contributed by atoms with van der Waals surface area (Å²) in [5.41, 5.74) is 5.79. The van der Waals surface area contributed by atoms with Crippen LogP contribution in [-0.2, 0) is 0 Å². The minimum atomic E-state index is 0.502. The summed E-state index contributed by atoms with van der Waals surface area (Å²) in [6, 6.07) is 54.3. The summed E-state index contributed by atoms with van der Waals surface area (Å²) in [6.45, 7) is 0. The molecule has 6 nitrogen and oxygen atoms in total. The van der Waals surface area contributed by atoms with Crippen molar-refractivity contribution >= 4 is 54.4 Å². The Morgan fingerprint density at radius 2 is 0.771 bits per heavy atom. The molecule has 0 spiro atoms. The van der Waals surface area contributed by atoms with E-state index in [2.05, 4.69) is 106 Å². The number of benzene rings is 7. The first-order valence-electron chi connectivity index (χ1n) is 16.0. The molecule has 10 rings (SSSR count). The van der Waals surface area contributed by atoms with E-state index >= 15 is 0 Å². The van der Waals surface area contributed by atoms with E-state index in [0.717, 1.165) is 65.5 Å². The summed E-state index contributed by atoms with van der Waals surface area (Å²) in [4.78, 5) is 21.0. The van der Waals surface area contributed by atoms with Gasteiger partial charge in [-0.2, -0.15) is 9.97 Å². The highest BCUT2D eigenvalue weighted by molar-refractivity contribution is 6.24. The van der Waals surface area contributed by atoms with Crippen LogP contribution >= 0.6 is 0 Å². The molecule has 3 heterocycles. The van der Waals surface area contributed by atoms with Crippen LogP contribution in [0, 0.1) is 0 Å². The third-order valence-electron chi connectivity index (χ3n) is 9.18. The van der Waals surface area contributed by atoms with E-state index in [-0.39, 0.29) is 0 Å².